The second kappa shape index (κ2) is 6.18. The molecule has 0 spiro atoms. The van der Waals surface area contributed by atoms with Gasteiger partial charge in [0.05, 0.1) is 6.04 Å². The first kappa shape index (κ1) is 15.0. The van der Waals surface area contributed by atoms with E-state index in [9.17, 15) is 4.55 Å². The molecule has 0 fully saturated rings. The summed E-state index contributed by atoms with van der Waals surface area (Å²) in [5, 5.41) is 0. The van der Waals surface area contributed by atoms with Crippen molar-refractivity contribution in [3.05, 3.63) is 28.5 Å². The van der Waals surface area contributed by atoms with E-state index in [1.807, 2.05) is 32.9 Å². The number of nitrogens with zero attached hydrogens (tertiary/aromatic N) is 1. The standard InChI is InChI=1S/C12H19BrN2OS/c1-5-10(15-17(16)12(2,3)4)9-6-7-14-11(13)8-9/h6-8,10,15H,5H2,1-4H3/t10-,17?/m1/s1. The van der Waals surface area contributed by atoms with Crippen molar-refractivity contribution < 1.29 is 4.55 Å². The summed E-state index contributed by atoms with van der Waals surface area (Å²) in [5.74, 6) is 0. The molecular formula is C12H19BrN2OS. The minimum absolute atomic E-state index is 0.0920. The van der Waals surface area contributed by atoms with Crippen molar-refractivity contribution >= 4 is 27.3 Å². The van der Waals surface area contributed by atoms with E-state index in [-0.39, 0.29) is 10.8 Å². The summed E-state index contributed by atoms with van der Waals surface area (Å²) in [5.41, 5.74) is 1.10. The SMILES string of the molecule is CC[C@@H](N[S+]([O-])C(C)(C)C)c1ccnc(Br)c1. The molecule has 0 saturated heterocycles. The van der Waals surface area contributed by atoms with E-state index in [0.29, 0.717) is 0 Å². The molecule has 1 unspecified atom stereocenters. The number of halogens is 1. The van der Waals surface area contributed by atoms with Crippen LogP contribution in [0.4, 0.5) is 0 Å². The molecule has 0 aliphatic heterocycles. The van der Waals surface area contributed by atoms with E-state index in [1.54, 1.807) is 6.20 Å². The highest BCUT2D eigenvalue weighted by atomic mass is 79.9. The smallest absolute Gasteiger partial charge is 0.136 e. The van der Waals surface area contributed by atoms with Gasteiger partial charge in [-0.2, -0.15) is 0 Å². The molecular weight excluding hydrogens is 300 g/mol. The average Bonchev–Trinajstić information content (AvgIpc) is 2.24. The molecule has 17 heavy (non-hydrogen) atoms. The van der Waals surface area contributed by atoms with Gasteiger partial charge in [-0.15, -0.1) is 4.72 Å². The van der Waals surface area contributed by atoms with Gasteiger partial charge in [0.2, 0.25) is 0 Å². The van der Waals surface area contributed by atoms with Gasteiger partial charge in [-0.25, -0.2) is 4.98 Å². The molecule has 0 bridgehead atoms. The number of aromatic nitrogens is 1. The molecule has 1 aromatic heterocycles. The lowest BCUT2D eigenvalue weighted by molar-refractivity contribution is 0.518. The average molecular weight is 319 g/mol. The molecule has 0 amide bonds. The summed E-state index contributed by atoms with van der Waals surface area (Å²) in [6, 6.07) is 4.00. The molecule has 0 saturated carbocycles. The van der Waals surface area contributed by atoms with Crippen molar-refractivity contribution in [1.29, 1.82) is 0 Å². The minimum Gasteiger partial charge on any atom is -0.598 e. The Labute approximate surface area is 115 Å². The summed E-state index contributed by atoms with van der Waals surface area (Å²) in [6.07, 6.45) is 2.64. The fourth-order valence-corrected chi connectivity index (χ4v) is 2.62. The van der Waals surface area contributed by atoms with E-state index < -0.39 is 11.4 Å². The third-order valence-electron chi connectivity index (χ3n) is 2.37. The van der Waals surface area contributed by atoms with Crippen molar-refractivity contribution in [3.63, 3.8) is 0 Å². The predicted octanol–water partition coefficient (Wildman–Crippen LogP) is 3.35. The zero-order valence-electron chi connectivity index (χ0n) is 10.7. The molecule has 1 rings (SSSR count). The second-order valence-corrected chi connectivity index (χ2v) is 7.68. The lowest BCUT2D eigenvalue weighted by Gasteiger charge is -2.27. The number of pyridine rings is 1. The number of rotatable bonds is 4. The van der Waals surface area contributed by atoms with Gasteiger partial charge in [0.1, 0.15) is 9.35 Å². The van der Waals surface area contributed by atoms with Crippen molar-refractivity contribution in [2.75, 3.05) is 0 Å². The van der Waals surface area contributed by atoms with Crippen molar-refractivity contribution in [1.82, 2.24) is 9.71 Å². The van der Waals surface area contributed by atoms with Crippen molar-refractivity contribution in [3.8, 4) is 0 Å². The Balaban J connectivity index is 2.79. The molecule has 1 aromatic rings. The summed E-state index contributed by atoms with van der Waals surface area (Å²) in [7, 11) is 0. The van der Waals surface area contributed by atoms with Crippen LogP contribution in [0.15, 0.2) is 22.9 Å². The van der Waals surface area contributed by atoms with Gasteiger partial charge >= 0.3 is 0 Å². The van der Waals surface area contributed by atoms with Crippen molar-refractivity contribution in [2.45, 2.75) is 44.9 Å². The van der Waals surface area contributed by atoms with Gasteiger partial charge in [0.15, 0.2) is 0 Å². The summed E-state index contributed by atoms with van der Waals surface area (Å²) in [6.45, 7) is 7.97. The zero-order chi connectivity index (χ0) is 13.1. The highest BCUT2D eigenvalue weighted by Crippen LogP contribution is 2.23. The lowest BCUT2D eigenvalue weighted by atomic mass is 10.1. The van der Waals surface area contributed by atoms with E-state index in [1.165, 1.54) is 0 Å². The zero-order valence-corrected chi connectivity index (χ0v) is 13.1. The molecule has 3 nitrogen and oxygen atoms in total. The van der Waals surface area contributed by atoms with Gasteiger partial charge in [0, 0.05) is 17.6 Å². The fourth-order valence-electron chi connectivity index (χ4n) is 1.33. The Kier molecular flexibility index (Phi) is 5.44. The first-order chi connectivity index (χ1) is 7.84. The van der Waals surface area contributed by atoms with Crippen LogP contribution in [0.25, 0.3) is 0 Å². The van der Waals surface area contributed by atoms with Crippen LogP contribution in [0.1, 0.15) is 45.7 Å². The third-order valence-corrected chi connectivity index (χ3v) is 4.41. The van der Waals surface area contributed by atoms with Crippen LogP contribution in [0.2, 0.25) is 0 Å². The van der Waals surface area contributed by atoms with Gasteiger partial charge in [-0.05, 0) is 60.8 Å². The molecule has 0 aliphatic rings. The Morgan fingerprint density at radius 3 is 2.65 bits per heavy atom. The Morgan fingerprint density at radius 2 is 2.18 bits per heavy atom. The number of hydrogen-bond donors (Lipinski definition) is 1. The van der Waals surface area contributed by atoms with Crippen molar-refractivity contribution in [2.24, 2.45) is 0 Å². The molecule has 1 N–H and O–H groups in total. The van der Waals surface area contributed by atoms with Gasteiger partial charge in [-0.1, -0.05) is 6.92 Å². The highest BCUT2D eigenvalue weighted by Gasteiger charge is 2.29. The van der Waals surface area contributed by atoms with Crippen LogP contribution in [-0.2, 0) is 11.4 Å². The molecule has 0 radical (unpaired) electrons. The van der Waals surface area contributed by atoms with Gasteiger partial charge in [0.25, 0.3) is 0 Å². The number of hydrogen-bond acceptors (Lipinski definition) is 3. The van der Waals surface area contributed by atoms with Crippen LogP contribution in [0.3, 0.4) is 0 Å². The minimum atomic E-state index is -1.06. The Hall–Kier alpha value is -0.100. The number of nitrogens with one attached hydrogen (secondary N) is 1. The molecule has 0 aliphatic carbocycles. The van der Waals surface area contributed by atoms with Gasteiger partial charge in [-0.3, -0.25) is 0 Å². The highest BCUT2D eigenvalue weighted by molar-refractivity contribution is 9.10. The molecule has 1 heterocycles. The predicted molar refractivity (Wildman–Crippen MR) is 76.0 cm³/mol. The summed E-state index contributed by atoms with van der Waals surface area (Å²) < 4.78 is 15.8. The van der Waals surface area contributed by atoms with E-state index in [4.69, 9.17) is 0 Å². The Bertz CT molecular complexity index is 368. The second-order valence-electron chi connectivity index (χ2n) is 4.87. The van der Waals surface area contributed by atoms with Gasteiger partial charge < -0.3 is 4.55 Å². The fraction of sp³-hybridized carbons (Fsp3) is 0.583. The molecule has 96 valence electrons. The monoisotopic (exact) mass is 318 g/mol. The molecule has 0 aromatic carbocycles. The van der Waals surface area contributed by atoms with E-state index in [2.05, 4.69) is 32.6 Å². The topological polar surface area (TPSA) is 48.0 Å². The molecule has 2 atom stereocenters. The van der Waals surface area contributed by atoms with Crippen LogP contribution < -0.4 is 4.72 Å². The normalized spacial score (nSPS) is 15.6. The summed E-state index contributed by atoms with van der Waals surface area (Å²) in [4.78, 5) is 4.10. The van der Waals surface area contributed by atoms with Crippen LogP contribution in [-0.4, -0.2) is 14.3 Å². The van der Waals surface area contributed by atoms with Crippen LogP contribution >= 0.6 is 15.9 Å². The van der Waals surface area contributed by atoms with Crippen LogP contribution in [0.5, 0.6) is 0 Å². The maximum absolute atomic E-state index is 12.1. The lowest BCUT2D eigenvalue weighted by Crippen LogP contribution is -2.41. The van der Waals surface area contributed by atoms with E-state index >= 15 is 0 Å². The maximum Gasteiger partial charge on any atom is 0.136 e. The van der Waals surface area contributed by atoms with E-state index in [0.717, 1.165) is 16.6 Å². The third kappa shape index (κ3) is 4.58. The molecule has 5 heteroatoms. The quantitative estimate of drug-likeness (QED) is 0.684. The maximum atomic E-state index is 12.1. The summed E-state index contributed by atoms with van der Waals surface area (Å²) >= 11 is 2.29. The van der Waals surface area contributed by atoms with Crippen LogP contribution in [0, 0.1) is 0 Å². The largest absolute Gasteiger partial charge is 0.598 e. The first-order valence-corrected chi connectivity index (χ1v) is 7.58. The first-order valence-electron chi connectivity index (χ1n) is 5.64. The Morgan fingerprint density at radius 1 is 1.53 bits per heavy atom.